The molecule has 0 aromatic carbocycles. The second-order valence-electron chi connectivity index (χ2n) is 6.49. The quantitative estimate of drug-likeness (QED) is 0.155. The molecule has 2 aliphatic heterocycles. The van der Waals surface area contributed by atoms with Crippen LogP contribution in [0.4, 0.5) is 0 Å². The molecule has 12 heteroatoms. The van der Waals surface area contributed by atoms with Crippen molar-refractivity contribution < 1.29 is 26.5 Å². The molecule has 0 bridgehead atoms. The van der Waals surface area contributed by atoms with Gasteiger partial charge in [0.1, 0.15) is 0 Å². The zero-order valence-corrected chi connectivity index (χ0v) is 19.0. The number of hydrogen-bond donors (Lipinski definition) is 2. The van der Waals surface area contributed by atoms with E-state index < -0.39 is 0 Å². The molecule has 2 N–H and O–H groups in total. The van der Waals surface area contributed by atoms with Crippen LogP contribution in [0.1, 0.15) is 19.3 Å². The van der Waals surface area contributed by atoms with Crippen LogP contribution in [-0.4, -0.2) is 86.8 Å². The van der Waals surface area contributed by atoms with E-state index in [2.05, 4.69) is 35.9 Å². The Morgan fingerprint density at radius 2 is 1.45 bits per heavy atom. The minimum Gasteiger partial charge on any atom is -0.741 e. The van der Waals surface area contributed by atoms with Gasteiger partial charge in [-0.2, -0.15) is 20.4 Å². The summed E-state index contributed by atoms with van der Waals surface area (Å²) in [4.78, 5) is 2.32. The molecule has 0 aliphatic carbocycles. The molecule has 9 nitrogen and oxygen atoms in total. The predicted molar refractivity (Wildman–Crippen MR) is 118 cm³/mol. The number of amidine groups is 2. The Balaban J connectivity index is 0.00000420. The van der Waals surface area contributed by atoms with Gasteiger partial charge >= 0.3 is 17.1 Å². The van der Waals surface area contributed by atoms with Crippen LogP contribution in [0.2, 0.25) is 0 Å². The first-order valence-electron chi connectivity index (χ1n) is 9.64. The molecule has 2 fully saturated rings. The van der Waals surface area contributed by atoms with Crippen molar-refractivity contribution in [2.24, 2.45) is 26.3 Å². The average Bonchev–Trinajstić information content (AvgIpc) is 2.72. The van der Waals surface area contributed by atoms with Crippen molar-refractivity contribution in [3.63, 3.8) is 0 Å². The number of hydrogen-bond acceptors (Lipinski definition) is 9. The smallest absolute Gasteiger partial charge is 0.741 e. The van der Waals surface area contributed by atoms with Crippen LogP contribution in [0, 0.1) is 5.92 Å². The van der Waals surface area contributed by atoms with Gasteiger partial charge in [-0.15, -0.1) is 0 Å². The van der Waals surface area contributed by atoms with Gasteiger partial charge in [-0.05, 0) is 35.5 Å². The summed E-state index contributed by atoms with van der Waals surface area (Å²) in [6.07, 6.45) is 6.15. The van der Waals surface area contributed by atoms with Gasteiger partial charge in [-0.25, -0.2) is 0 Å². The van der Waals surface area contributed by atoms with Gasteiger partial charge in [0, 0.05) is 45.9 Å². The van der Waals surface area contributed by atoms with Crippen molar-refractivity contribution in [3.05, 3.63) is 0 Å². The molecular formula is C17H29CuN7O2S2. The van der Waals surface area contributed by atoms with Crippen molar-refractivity contribution in [1.82, 2.24) is 15.5 Å². The van der Waals surface area contributed by atoms with Crippen LogP contribution in [0.5, 0.6) is 0 Å². The van der Waals surface area contributed by atoms with E-state index in [4.69, 9.17) is 34.7 Å². The number of ether oxygens (including phenoxy) is 2. The van der Waals surface area contributed by atoms with E-state index in [1.54, 1.807) is 0 Å². The fraction of sp³-hybridized carbons (Fsp3) is 0.765. The first kappa shape index (κ1) is 26.2. The van der Waals surface area contributed by atoms with Crippen molar-refractivity contribution >= 4 is 48.0 Å². The number of rotatable bonds is 9. The zero-order valence-electron chi connectivity index (χ0n) is 16.4. The summed E-state index contributed by atoms with van der Waals surface area (Å²) in [5.41, 5.74) is 0. The first-order valence-corrected chi connectivity index (χ1v) is 10.5. The maximum Gasteiger partial charge on any atom is 2.00 e. The van der Waals surface area contributed by atoms with Gasteiger partial charge < -0.3 is 45.4 Å². The monoisotopic (exact) mass is 490 g/mol. The molecule has 0 spiro atoms. The Labute approximate surface area is 194 Å². The maximum atomic E-state index is 5.35. The predicted octanol–water partition coefficient (Wildman–Crippen LogP) is 0.0894. The van der Waals surface area contributed by atoms with E-state index in [1.807, 2.05) is 0 Å². The second kappa shape index (κ2) is 16.9. The molecule has 0 unspecified atom stereocenters. The van der Waals surface area contributed by atoms with Crippen LogP contribution in [-0.2, 0) is 51.8 Å². The van der Waals surface area contributed by atoms with Crippen LogP contribution < -0.4 is 10.6 Å². The van der Waals surface area contributed by atoms with Crippen molar-refractivity contribution in [2.75, 3.05) is 59.2 Å². The van der Waals surface area contributed by atoms with E-state index in [1.165, 1.54) is 12.4 Å². The van der Waals surface area contributed by atoms with Crippen molar-refractivity contribution in [3.8, 4) is 0 Å². The largest absolute Gasteiger partial charge is 2.00 e. The fourth-order valence-electron chi connectivity index (χ4n) is 2.87. The molecule has 2 saturated heterocycles. The standard InChI is InChI=1S/C17H31N7O2S2.Cu/c27-16(18-4-1-15-2-11-25-12-3-15)22-20-5-6-21-23-17(28)19-7-8-24-9-13-26-14-10-24;/h5-6,15H,1-4,7-14H2,(H2,18,22,27)(H2,19,23,28);/q;+2/p-2. The second-order valence-corrected chi connectivity index (χ2v) is 7.26. The zero-order chi connectivity index (χ0) is 19.9. The van der Waals surface area contributed by atoms with E-state index in [-0.39, 0.29) is 17.1 Å². The SMILES string of the molecule is [Cu+2].[S-]C(=NN=CC=NN=C([S-])NCCN1CCOCC1)NCCC1CCOCC1. The van der Waals surface area contributed by atoms with E-state index in [9.17, 15) is 0 Å². The summed E-state index contributed by atoms with van der Waals surface area (Å²) in [5, 5.41) is 22.3. The van der Waals surface area contributed by atoms with Crippen LogP contribution in [0.3, 0.4) is 0 Å². The molecule has 0 amide bonds. The topological polar surface area (TPSA) is 95.2 Å². The van der Waals surface area contributed by atoms with E-state index >= 15 is 0 Å². The van der Waals surface area contributed by atoms with Crippen LogP contribution in [0.15, 0.2) is 20.4 Å². The van der Waals surface area contributed by atoms with Gasteiger partial charge in [0.25, 0.3) is 0 Å². The molecule has 2 rings (SSSR count). The minimum atomic E-state index is 0. The molecule has 29 heavy (non-hydrogen) atoms. The molecule has 0 aromatic heterocycles. The summed E-state index contributed by atoms with van der Waals surface area (Å²) < 4.78 is 10.7. The maximum absolute atomic E-state index is 5.35. The van der Waals surface area contributed by atoms with Gasteiger partial charge in [0.2, 0.25) is 0 Å². The van der Waals surface area contributed by atoms with E-state index in [0.29, 0.717) is 16.3 Å². The number of nitrogens with one attached hydrogen (secondary N) is 2. The third-order valence-electron chi connectivity index (χ3n) is 4.47. The molecule has 0 atom stereocenters. The van der Waals surface area contributed by atoms with Crippen LogP contribution >= 0.6 is 0 Å². The first-order chi connectivity index (χ1) is 13.7. The average molecular weight is 491 g/mol. The summed E-state index contributed by atoms with van der Waals surface area (Å²) >= 11 is 10.2. The van der Waals surface area contributed by atoms with Gasteiger partial charge in [-0.3, -0.25) is 4.90 Å². The molecule has 167 valence electrons. The van der Waals surface area contributed by atoms with E-state index in [0.717, 1.165) is 78.4 Å². The molecular weight excluding hydrogens is 462 g/mol. The van der Waals surface area contributed by atoms with Crippen LogP contribution in [0.25, 0.3) is 0 Å². The van der Waals surface area contributed by atoms with Crippen molar-refractivity contribution in [2.45, 2.75) is 19.3 Å². The molecule has 1 radical (unpaired) electrons. The number of morpholine rings is 1. The summed E-state index contributed by atoms with van der Waals surface area (Å²) in [6, 6.07) is 0. The Kier molecular flexibility index (Phi) is 15.2. The molecule has 0 saturated carbocycles. The summed E-state index contributed by atoms with van der Waals surface area (Å²) in [7, 11) is 0. The Bertz CT molecular complexity index is 504. The Hall–Kier alpha value is -0.881. The summed E-state index contributed by atoms with van der Waals surface area (Å²) in [5.74, 6) is 0.701. The van der Waals surface area contributed by atoms with Gasteiger partial charge in [-0.1, -0.05) is 0 Å². The summed E-state index contributed by atoms with van der Waals surface area (Å²) in [6.45, 7) is 7.65. The molecule has 2 aliphatic rings. The third-order valence-corrected chi connectivity index (χ3v) is 4.93. The Morgan fingerprint density at radius 1 is 0.897 bits per heavy atom. The fourth-order valence-corrected chi connectivity index (χ4v) is 3.16. The Morgan fingerprint density at radius 3 is 2.07 bits per heavy atom. The van der Waals surface area contributed by atoms with Crippen molar-refractivity contribution in [1.29, 1.82) is 0 Å². The molecule has 2 heterocycles. The normalized spacial score (nSPS) is 20.1. The molecule has 0 aromatic rings. The number of nitrogens with zero attached hydrogens (tertiary/aromatic N) is 5. The van der Waals surface area contributed by atoms with Gasteiger partial charge in [0.15, 0.2) is 0 Å². The minimum absolute atomic E-state index is 0. The third kappa shape index (κ3) is 13.1. The van der Waals surface area contributed by atoms with Gasteiger partial charge in [0.05, 0.1) is 25.6 Å².